The zero-order valence-electron chi connectivity index (χ0n) is 16.5. The first-order valence-electron chi connectivity index (χ1n) is 9.96. The first-order chi connectivity index (χ1) is 14.5. The van der Waals surface area contributed by atoms with E-state index in [9.17, 15) is 9.90 Å². The Hall–Kier alpha value is -3.08. The Labute approximate surface area is 179 Å². The largest absolute Gasteiger partial charge is 0.372 e. The van der Waals surface area contributed by atoms with E-state index in [4.69, 9.17) is 11.6 Å². The fourth-order valence-corrected chi connectivity index (χ4v) is 4.72. The topological polar surface area (TPSA) is 56.3 Å². The highest BCUT2D eigenvalue weighted by Crippen LogP contribution is 2.48. The second-order valence-corrected chi connectivity index (χ2v) is 8.17. The molecule has 2 N–H and O–H groups in total. The van der Waals surface area contributed by atoms with Crippen molar-refractivity contribution in [2.45, 2.75) is 18.9 Å². The molecule has 5 heteroatoms. The van der Waals surface area contributed by atoms with Gasteiger partial charge in [0.05, 0.1) is 5.69 Å². The average Bonchev–Trinajstić information content (AvgIpc) is 3.19. The van der Waals surface area contributed by atoms with Gasteiger partial charge < -0.3 is 15.0 Å². The van der Waals surface area contributed by atoms with E-state index in [0.29, 0.717) is 34.8 Å². The minimum atomic E-state index is -1.79. The SMILES string of the molecule is Cc1[nH]c2ccccc2c1C1(O)C(=O)N(CCc2ccccc2)c2ccc(Cl)cc21. The molecule has 2 heterocycles. The molecule has 1 unspecified atom stereocenters. The second kappa shape index (κ2) is 7.01. The number of anilines is 1. The number of aryl methyl sites for hydroxylation is 1. The van der Waals surface area contributed by atoms with Gasteiger partial charge in [0.25, 0.3) is 5.91 Å². The molecule has 150 valence electrons. The summed E-state index contributed by atoms with van der Waals surface area (Å²) in [6, 6.07) is 23.0. The van der Waals surface area contributed by atoms with E-state index in [1.165, 1.54) is 0 Å². The van der Waals surface area contributed by atoms with Crippen LogP contribution in [0.2, 0.25) is 5.02 Å². The zero-order chi connectivity index (χ0) is 20.9. The highest BCUT2D eigenvalue weighted by atomic mass is 35.5. The Bertz CT molecular complexity index is 1260. The van der Waals surface area contributed by atoms with Gasteiger partial charge in [-0.2, -0.15) is 0 Å². The van der Waals surface area contributed by atoms with Crippen molar-refractivity contribution in [2.75, 3.05) is 11.4 Å². The number of carbonyl (C=O) groups excluding carboxylic acids is 1. The summed E-state index contributed by atoms with van der Waals surface area (Å²) in [5, 5.41) is 13.3. The number of aromatic amines is 1. The number of H-pyrrole nitrogens is 1. The van der Waals surface area contributed by atoms with Crippen molar-refractivity contribution in [3.05, 3.63) is 100 Å². The number of halogens is 1. The summed E-state index contributed by atoms with van der Waals surface area (Å²) in [6.45, 7) is 2.36. The van der Waals surface area contributed by atoms with Crippen molar-refractivity contribution in [1.29, 1.82) is 0 Å². The second-order valence-electron chi connectivity index (χ2n) is 7.73. The monoisotopic (exact) mass is 416 g/mol. The number of benzene rings is 3. The molecule has 1 aromatic heterocycles. The Kier molecular flexibility index (Phi) is 4.42. The van der Waals surface area contributed by atoms with Gasteiger partial charge >= 0.3 is 0 Å². The standard InChI is InChI=1S/C25H21ClN2O2/c1-16-23(19-9-5-6-10-21(19)27-16)25(30)20-15-18(26)11-12-22(20)28(24(25)29)14-13-17-7-3-2-4-8-17/h2-12,15,27,30H,13-14H2,1H3. The summed E-state index contributed by atoms with van der Waals surface area (Å²) in [7, 11) is 0. The Balaban J connectivity index is 1.65. The molecule has 1 amide bonds. The lowest BCUT2D eigenvalue weighted by Crippen LogP contribution is -2.42. The Morgan fingerprint density at radius 1 is 1.03 bits per heavy atom. The van der Waals surface area contributed by atoms with Crippen LogP contribution in [-0.4, -0.2) is 22.5 Å². The van der Waals surface area contributed by atoms with Crippen LogP contribution in [0.25, 0.3) is 10.9 Å². The van der Waals surface area contributed by atoms with Crippen LogP contribution >= 0.6 is 11.6 Å². The number of carbonyl (C=O) groups is 1. The van der Waals surface area contributed by atoms with E-state index in [0.717, 1.165) is 22.2 Å². The molecule has 0 spiro atoms. The minimum Gasteiger partial charge on any atom is -0.372 e. The highest BCUT2D eigenvalue weighted by molar-refractivity contribution is 6.31. The summed E-state index contributed by atoms with van der Waals surface area (Å²) >= 11 is 6.29. The zero-order valence-corrected chi connectivity index (χ0v) is 17.3. The summed E-state index contributed by atoms with van der Waals surface area (Å²) in [5.74, 6) is -0.344. The van der Waals surface area contributed by atoms with Crippen molar-refractivity contribution in [2.24, 2.45) is 0 Å². The first kappa shape index (κ1) is 18.9. The number of nitrogens with one attached hydrogen (secondary N) is 1. The van der Waals surface area contributed by atoms with Gasteiger partial charge in [0.1, 0.15) is 0 Å². The third-order valence-corrected chi connectivity index (χ3v) is 6.15. The van der Waals surface area contributed by atoms with Crippen molar-refractivity contribution < 1.29 is 9.90 Å². The third-order valence-electron chi connectivity index (χ3n) is 5.92. The number of amides is 1. The first-order valence-corrected chi connectivity index (χ1v) is 10.3. The van der Waals surface area contributed by atoms with Crippen LogP contribution in [0.15, 0.2) is 72.8 Å². The third kappa shape index (κ3) is 2.76. The number of fused-ring (bicyclic) bond motifs is 2. The smallest absolute Gasteiger partial charge is 0.268 e. The van der Waals surface area contributed by atoms with E-state index >= 15 is 0 Å². The number of hydrogen-bond donors (Lipinski definition) is 2. The molecule has 1 aliphatic rings. The maximum Gasteiger partial charge on any atom is 0.268 e. The number of aromatic nitrogens is 1. The van der Waals surface area contributed by atoms with Crippen LogP contribution in [0.4, 0.5) is 5.69 Å². The molecular formula is C25H21ClN2O2. The van der Waals surface area contributed by atoms with Crippen LogP contribution < -0.4 is 4.90 Å². The molecule has 0 bridgehead atoms. The molecule has 0 fully saturated rings. The van der Waals surface area contributed by atoms with E-state index in [-0.39, 0.29) is 5.91 Å². The van der Waals surface area contributed by atoms with Gasteiger partial charge in [0.2, 0.25) is 0 Å². The molecule has 3 aromatic carbocycles. The summed E-state index contributed by atoms with van der Waals surface area (Å²) in [6.07, 6.45) is 0.692. The number of rotatable bonds is 4. The maximum absolute atomic E-state index is 13.7. The molecule has 0 aliphatic carbocycles. The molecule has 0 saturated carbocycles. The summed E-state index contributed by atoms with van der Waals surface area (Å²) in [4.78, 5) is 18.7. The van der Waals surface area contributed by atoms with E-state index in [1.54, 1.807) is 17.0 Å². The molecule has 4 nitrogen and oxygen atoms in total. The maximum atomic E-state index is 13.7. The predicted octanol–water partition coefficient (Wildman–Crippen LogP) is 4.95. The van der Waals surface area contributed by atoms with Crippen LogP contribution in [0.5, 0.6) is 0 Å². The van der Waals surface area contributed by atoms with Gasteiger partial charge in [0.15, 0.2) is 5.60 Å². The number of aliphatic hydroxyl groups is 1. The molecule has 1 atom stereocenters. The fourth-order valence-electron chi connectivity index (χ4n) is 4.55. The van der Waals surface area contributed by atoms with Gasteiger partial charge in [-0.1, -0.05) is 60.1 Å². The summed E-state index contributed by atoms with van der Waals surface area (Å²) in [5.41, 5.74) is 2.82. The van der Waals surface area contributed by atoms with Crippen molar-refractivity contribution in [1.82, 2.24) is 4.98 Å². The molecule has 0 saturated heterocycles. The van der Waals surface area contributed by atoms with Crippen molar-refractivity contribution in [3.8, 4) is 0 Å². The molecule has 5 rings (SSSR count). The summed E-state index contributed by atoms with van der Waals surface area (Å²) < 4.78 is 0. The molecule has 4 aromatic rings. The number of hydrogen-bond acceptors (Lipinski definition) is 2. The molecule has 1 aliphatic heterocycles. The van der Waals surface area contributed by atoms with Crippen LogP contribution in [-0.2, 0) is 16.8 Å². The van der Waals surface area contributed by atoms with Gasteiger partial charge in [-0.3, -0.25) is 4.79 Å². The van der Waals surface area contributed by atoms with Gasteiger partial charge in [-0.15, -0.1) is 0 Å². The minimum absolute atomic E-state index is 0.344. The van der Waals surface area contributed by atoms with E-state index < -0.39 is 5.60 Å². The van der Waals surface area contributed by atoms with E-state index in [1.807, 2.05) is 67.6 Å². The van der Waals surface area contributed by atoms with Crippen molar-refractivity contribution in [3.63, 3.8) is 0 Å². The van der Waals surface area contributed by atoms with Gasteiger partial charge in [-0.05, 0) is 43.2 Å². The fraction of sp³-hybridized carbons (Fsp3) is 0.160. The van der Waals surface area contributed by atoms with Crippen molar-refractivity contribution >= 4 is 34.1 Å². The quantitative estimate of drug-likeness (QED) is 0.494. The van der Waals surface area contributed by atoms with Crippen LogP contribution in [0, 0.1) is 6.92 Å². The Morgan fingerprint density at radius 2 is 1.77 bits per heavy atom. The van der Waals surface area contributed by atoms with Crippen LogP contribution in [0.3, 0.4) is 0 Å². The highest BCUT2D eigenvalue weighted by Gasteiger charge is 2.52. The average molecular weight is 417 g/mol. The normalized spacial score (nSPS) is 18.2. The molecular weight excluding hydrogens is 396 g/mol. The lowest BCUT2D eigenvalue weighted by atomic mass is 9.85. The number of nitrogens with zero attached hydrogens (tertiary/aromatic N) is 1. The molecule has 0 radical (unpaired) electrons. The number of para-hydroxylation sites is 1. The Morgan fingerprint density at radius 3 is 2.57 bits per heavy atom. The molecule has 30 heavy (non-hydrogen) atoms. The lowest BCUT2D eigenvalue weighted by Gasteiger charge is -2.24. The van der Waals surface area contributed by atoms with E-state index in [2.05, 4.69) is 4.98 Å². The van der Waals surface area contributed by atoms with Crippen LogP contribution in [0.1, 0.15) is 22.4 Å². The predicted molar refractivity (Wildman–Crippen MR) is 120 cm³/mol. The van der Waals surface area contributed by atoms with Gasteiger partial charge in [-0.25, -0.2) is 0 Å². The van der Waals surface area contributed by atoms with Gasteiger partial charge in [0, 0.05) is 39.3 Å². The lowest BCUT2D eigenvalue weighted by molar-refractivity contribution is -0.132.